The minimum absolute atomic E-state index is 0.00323. The molecular formula is C111H205N5O24S6. The number of nitrogens with one attached hydrogen (secondary N) is 1. The molecule has 0 aromatic rings. The van der Waals surface area contributed by atoms with Crippen molar-refractivity contribution in [1.82, 2.24) is 24.9 Å². The first-order chi connectivity index (χ1) is 70.8. The van der Waals surface area contributed by atoms with Gasteiger partial charge in [-0.1, -0.05) is 276 Å². The summed E-state index contributed by atoms with van der Waals surface area (Å²) >= 11 is 10.4. The van der Waals surface area contributed by atoms with E-state index in [0.29, 0.717) is 99.8 Å². The lowest BCUT2D eigenvalue weighted by atomic mass is 10.1. The topological polar surface area (TPSA) is 341 Å². The number of rotatable bonds is 109. The summed E-state index contributed by atoms with van der Waals surface area (Å²) in [6.45, 7) is 26.9. The van der Waals surface area contributed by atoms with Crippen molar-refractivity contribution in [2.24, 2.45) is 35.5 Å². The molecule has 0 fully saturated rings. The normalized spacial score (nSPS) is 12.7. The van der Waals surface area contributed by atoms with Gasteiger partial charge in [-0.3, -0.25) is 57.5 Å². The molecule has 0 bridgehead atoms. The van der Waals surface area contributed by atoms with E-state index in [1.165, 1.54) is 173 Å². The average molecular weight is 2190 g/mol. The lowest BCUT2D eigenvalue weighted by molar-refractivity contribution is -0.154. The molecule has 0 aromatic carbocycles. The molecule has 29 nitrogen and oxygen atoms in total. The zero-order valence-electron chi connectivity index (χ0n) is 93.3. The van der Waals surface area contributed by atoms with Gasteiger partial charge in [0.25, 0.3) is 0 Å². The third-order valence-electron chi connectivity index (χ3n) is 24.7. The average Bonchev–Trinajstić information content (AvgIpc) is 0.915. The fraction of sp³-hybridized carbons (Fsp3) is 0.892. The number of ether oxygens (including phenoxy) is 12. The van der Waals surface area contributed by atoms with Crippen LogP contribution in [0.2, 0.25) is 0 Å². The summed E-state index contributed by atoms with van der Waals surface area (Å²) in [6, 6.07) is 0. The molecule has 0 radical (unpaired) electrons. The van der Waals surface area contributed by atoms with Gasteiger partial charge in [0.2, 0.25) is 0 Å². The number of hydrogen-bond acceptors (Lipinski definition) is 35. The molecule has 0 aliphatic rings. The minimum Gasteiger partial charge on any atom is -0.462 e. The van der Waals surface area contributed by atoms with E-state index in [1.54, 1.807) is 70.6 Å². The summed E-state index contributed by atoms with van der Waals surface area (Å²) in [7, 11) is 0. The number of carbonyl (C=O) groups excluding carboxylic acids is 12. The Labute approximate surface area is 910 Å². The van der Waals surface area contributed by atoms with Gasteiger partial charge in [0.15, 0.2) is 0 Å². The van der Waals surface area contributed by atoms with Crippen molar-refractivity contribution < 1.29 is 114 Å². The van der Waals surface area contributed by atoms with Crippen molar-refractivity contribution >= 4 is 142 Å². The van der Waals surface area contributed by atoms with E-state index in [1.807, 2.05) is 46.4 Å². The van der Waals surface area contributed by atoms with Crippen molar-refractivity contribution in [1.29, 1.82) is 0 Å². The van der Waals surface area contributed by atoms with Gasteiger partial charge in [0.1, 0.15) is 79.3 Å². The summed E-state index contributed by atoms with van der Waals surface area (Å²) in [6.07, 6.45) is 43.0. The quantitative estimate of drug-likeness (QED) is 0.0336. The number of nitrogens with zero attached hydrogens (tertiary/aromatic N) is 4. The molecule has 0 aliphatic heterocycles. The van der Waals surface area contributed by atoms with Gasteiger partial charge in [0, 0.05) is 126 Å². The van der Waals surface area contributed by atoms with Crippen molar-refractivity contribution in [3.63, 3.8) is 0 Å². The highest BCUT2D eigenvalue weighted by molar-refractivity contribution is 8.00. The molecule has 0 rings (SSSR count). The first kappa shape index (κ1) is 142. The van der Waals surface area contributed by atoms with Crippen molar-refractivity contribution in [3.8, 4) is 0 Å². The number of hydrogen-bond donors (Lipinski definition) is 1. The number of esters is 12. The van der Waals surface area contributed by atoms with Gasteiger partial charge in [-0.25, -0.2) is 0 Å². The molecule has 0 saturated carbocycles. The molecule has 35 heteroatoms. The number of thioether (sulfide) groups is 6. The highest BCUT2D eigenvalue weighted by Gasteiger charge is 2.25. The Balaban J connectivity index is 7.43. The van der Waals surface area contributed by atoms with Crippen LogP contribution in [0.3, 0.4) is 0 Å². The van der Waals surface area contributed by atoms with Crippen LogP contribution in [0.5, 0.6) is 0 Å². The molecule has 854 valence electrons. The minimum atomic E-state index is -0.548. The summed E-state index contributed by atoms with van der Waals surface area (Å²) in [5.41, 5.74) is 0. The molecular weight excluding hydrogens is 1980 g/mol. The van der Waals surface area contributed by atoms with Crippen LogP contribution < -0.4 is 5.32 Å². The molecule has 1 N–H and O–H groups in total. The Bertz CT molecular complexity index is 3140. The lowest BCUT2D eigenvalue weighted by Crippen LogP contribution is -2.44. The predicted octanol–water partition coefficient (Wildman–Crippen LogP) is 21.4. The molecule has 0 aliphatic carbocycles. The van der Waals surface area contributed by atoms with Crippen LogP contribution in [0, 0.1) is 35.5 Å². The van der Waals surface area contributed by atoms with Crippen LogP contribution in [0.1, 0.15) is 359 Å². The van der Waals surface area contributed by atoms with Crippen LogP contribution in [0.15, 0.2) is 0 Å². The Morgan fingerprint density at radius 1 is 0.185 bits per heavy atom. The van der Waals surface area contributed by atoms with Gasteiger partial charge in [-0.2, -0.15) is 70.6 Å². The maximum absolute atomic E-state index is 13.9. The second kappa shape index (κ2) is 105. The van der Waals surface area contributed by atoms with E-state index in [0.717, 1.165) is 92.3 Å². The van der Waals surface area contributed by atoms with Crippen molar-refractivity contribution in [2.75, 3.05) is 240 Å². The second-order valence-electron chi connectivity index (χ2n) is 38.8. The van der Waals surface area contributed by atoms with Gasteiger partial charge >= 0.3 is 71.6 Å². The lowest BCUT2D eigenvalue weighted by Gasteiger charge is -2.31. The Morgan fingerprint density at radius 3 is 0.575 bits per heavy atom. The maximum atomic E-state index is 13.9. The van der Waals surface area contributed by atoms with Crippen LogP contribution in [0.4, 0.5) is 0 Å². The van der Waals surface area contributed by atoms with Gasteiger partial charge in [-0.05, 0) is 86.0 Å². The smallest absolute Gasteiger partial charge is 0.309 e. The Morgan fingerprint density at radius 2 is 0.356 bits per heavy atom. The molecule has 0 spiro atoms. The molecule has 6 atom stereocenters. The van der Waals surface area contributed by atoms with E-state index in [4.69, 9.17) is 56.8 Å². The first-order valence-electron chi connectivity index (χ1n) is 56.8. The van der Waals surface area contributed by atoms with E-state index in [9.17, 15) is 57.5 Å². The van der Waals surface area contributed by atoms with Crippen molar-refractivity contribution in [2.45, 2.75) is 359 Å². The summed E-state index contributed by atoms with van der Waals surface area (Å²) in [5.74, 6) is 2.34. The van der Waals surface area contributed by atoms with Crippen LogP contribution in [-0.2, 0) is 114 Å². The van der Waals surface area contributed by atoms with Crippen LogP contribution in [-0.4, -0.2) is 331 Å². The van der Waals surface area contributed by atoms with E-state index in [2.05, 4.69) is 61.6 Å². The van der Waals surface area contributed by atoms with E-state index < -0.39 is 35.8 Å². The van der Waals surface area contributed by atoms with E-state index in [-0.39, 0.29) is 222 Å². The third-order valence-corrected chi connectivity index (χ3v) is 32.6. The molecule has 0 aromatic heterocycles. The molecule has 0 amide bonds. The van der Waals surface area contributed by atoms with Crippen molar-refractivity contribution in [3.05, 3.63) is 0 Å². The molecule has 6 unspecified atom stereocenters. The van der Waals surface area contributed by atoms with Crippen LogP contribution >= 0.6 is 70.6 Å². The summed E-state index contributed by atoms with van der Waals surface area (Å²) in [4.78, 5) is 168. The zero-order chi connectivity index (χ0) is 107. The molecule has 0 saturated heterocycles. The van der Waals surface area contributed by atoms with E-state index >= 15 is 0 Å². The number of carbonyl (C=O) groups is 12. The third kappa shape index (κ3) is 92.1. The van der Waals surface area contributed by atoms with Gasteiger partial charge in [0.05, 0.1) is 67.6 Å². The molecule has 0 heterocycles. The maximum Gasteiger partial charge on any atom is 0.309 e. The van der Waals surface area contributed by atoms with Crippen LogP contribution in [0.25, 0.3) is 0 Å². The second-order valence-corrected chi connectivity index (χ2v) is 45.7. The highest BCUT2D eigenvalue weighted by Crippen LogP contribution is 2.23. The first-order valence-corrected chi connectivity index (χ1v) is 63.8. The molecule has 146 heavy (non-hydrogen) atoms. The SMILES string of the molecule is CCCCCCCCSCC(C)C(=O)OCCOC(=O)CCCN(CCN(CCC(=O)OCCOC(=O)C(C)CSCCCCCCCC)CCC(=O)OCCOC(=O)C(C)CSCCCCCCCC)CCN(CCC(=O)OCCOC(=O)C(C)CSCCCCCCCC)CCN(CCNCCC(=O)OCCOC(=O)C(C)CSCCCCCCCC)CCC(=O)OCCOC(=O)C(C)CSCCCCCCCC. The standard InChI is InChI=1S/C111H205N5O24S6/c1-13-19-25-31-37-43-82-141-88-94(7)106(123)135-76-70-129-100(117)50-49-58-113(64-66-114(59-52-102(119)131-72-78-137-108(125)96(9)90-143-84-45-39-33-27-21-15-3)60-53-103(120)132-73-79-138-109(126)97(10)91-144-85-46-40-34-28-22-16-4)65-68-116(62-55-105(122)134-75-81-140-111(128)99(12)93-146-87-48-42-36-30-24-18-6)69-67-115(61-54-104(121)133-74-80-139-110(127)98(11)92-145-86-47-41-35-29-23-17-5)63-57-112-56-51-101(118)130-71-77-136-107(124)95(8)89-142-83-44-38-32-26-20-14-2/h94-99,112H,13-93H2,1-12H3. The summed E-state index contributed by atoms with van der Waals surface area (Å²) in [5, 5.41) is 3.34. The summed E-state index contributed by atoms with van der Waals surface area (Å²) < 4.78 is 67.1. The monoisotopic (exact) mass is 2180 g/mol. The Kier molecular flexibility index (Phi) is 102. The fourth-order valence-corrected chi connectivity index (χ4v) is 21.5. The van der Waals surface area contributed by atoms with Gasteiger partial charge in [-0.15, -0.1) is 0 Å². The van der Waals surface area contributed by atoms with Gasteiger partial charge < -0.3 is 81.8 Å². The Hall–Kier alpha value is -4.46. The highest BCUT2D eigenvalue weighted by atomic mass is 32.2. The zero-order valence-corrected chi connectivity index (χ0v) is 98.2. The predicted molar refractivity (Wildman–Crippen MR) is 602 cm³/mol. The number of unbranched alkanes of at least 4 members (excludes halogenated alkanes) is 30. The largest absolute Gasteiger partial charge is 0.462 e. The fourth-order valence-electron chi connectivity index (χ4n) is 15.1.